The number of carbonyl (C=O) groups is 4. The molecular weight excluding hydrogens is 380 g/mol. The van der Waals surface area contributed by atoms with Crippen molar-refractivity contribution < 1.29 is 34.5 Å². The molecule has 0 spiro atoms. The quantitative estimate of drug-likeness (QED) is 0.155. The summed E-state index contributed by atoms with van der Waals surface area (Å²) in [6.07, 6.45) is 0.193. The van der Waals surface area contributed by atoms with Gasteiger partial charge in [0.1, 0.15) is 24.2 Å². The molecule has 0 fully saturated rings. The Bertz CT molecular complexity index is 532. The molecule has 11 nitrogen and oxygen atoms in total. The first-order valence-corrected chi connectivity index (χ1v) is 8.92. The lowest BCUT2D eigenvalue weighted by atomic mass is 10.0. The summed E-state index contributed by atoms with van der Waals surface area (Å²) in [5.74, 6) is -3.80. The highest BCUT2D eigenvalue weighted by atomic mass is 32.1. The maximum Gasteiger partial charge on any atom is 0.328 e. The van der Waals surface area contributed by atoms with Crippen LogP contribution in [0.25, 0.3) is 0 Å². The van der Waals surface area contributed by atoms with Crippen LogP contribution in [0.3, 0.4) is 0 Å². The Hall–Kier alpha value is -1.89. The molecular formula is C15H28N4O7S. The predicted octanol–water partition coefficient (Wildman–Crippen LogP) is -3.19. The number of carboxylic acids is 1. The van der Waals surface area contributed by atoms with Crippen molar-refractivity contribution in [3.63, 3.8) is 0 Å². The van der Waals surface area contributed by atoms with E-state index in [1.165, 1.54) is 0 Å². The largest absolute Gasteiger partial charge is 0.480 e. The molecule has 0 rings (SSSR count). The van der Waals surface area contributed by atoms with Gasteiger partial charge in [-0.25, -0.2) is 4.79 Å². The van der Waals surface area contributed by atoms with Gasteiger partial charge in [-0.05, 0) is 12.3 Å². The van der Waals surface area contributed by atoms with Crippen molar-refractivity contribution in [1.29, 1.82) is 0 Å². The highest BCUT2D eigenvalue weighted by Crippen LogP contribution is 2.06. The third-order valence-corrected chi connectivity index (χ3v) is 3.85. The lowest BCUT2D eigenvalue weighted by molar-refractivity contribution is -0.143. The molecule has 0 radical (unpaired) electrons. The second-order valence-corrected chi connectivity index (χ2v) is 6.67. The zero-order chi connectivity index (χ0) is 21.1. The van der Waals surface area contributed by atoms with Gasteiger partial charge in [-0.2, -0.15) is 12.6 Å². The number of carboxylic acid groups (broad SMARTS) is 1. The van der Waals surface area contributed by atoms with E-state index in [4.69, 9.17) is 21.1 Å². The second-order valence-electron chi connectivity index (χ2n) is 6.31. The molecule has 27 heavy (non-hydrogen) atoms. The number of nitrogens with two attached hydrogens (primary N) is 1. The molecule has 0 saturated heterocycles. The zero-order valence-electron chi connectivity index (χ0n) is 15.2. The fraction of sp³-hybridized carbons (Fsp3) is 0.733. The van der Waals surface area contributed by atoms with Gasteiger partial charge in [-0.15, -0.1) is 0 Å². The van der Waals surface area contributed by atoms with Gasteiger partial charge in [0, 0.05) is 5.75 Å². The molecule has 0 aliphatic heterocycles. The molecule has 156 valence electrons. The number of aliphatic hydroxyl groups is 2. The molecule has 8 N–H and O–H groups in total. The fourth-order valence-corrected chi connectivity index (χ4v) is 2.25. The van der Waals surface area contributed by atoms with E-state index in [-0.39, 0.29) is 18.1 Å². The molecule has 0 aliphatic carbocycles. The standard InChI is InChI=1S/C15H28N4O7S/c1-7(2)3-9(13(23)18-10(5-21)15(25)26)17-14(24)11(6-27)19-12(22)8(16)4-20/h7-11,20-21,27H,3-6,16H2,1-2H3,(H,17,24)(H,18,23)(H,19,22)(H,25,26). The van der Waals surface area contributed by atoms with Crippen LogP contribution >= 0.6 is 12.6 Å². The smallest absolute Gasteiger partial charge is 0.328 e. The monoisotopic (exact) mass is 408 g/mol. The third-order valence-electron chi connectivity index (χ3n) is 3.49. The summed E-state index contributed by atoms with van der Waals surface area (Å²) < 4.78 is 0. The topological polar surface area (TPSA) is 191 Å². The molecule has 0 saturated carbocycles. The minimum Gasteiger partial charge on any atom is -0.480 e. The van der Waals surface area contributed by atoms with E-state index in [1.54, 1.807) is 13.8 Å². The Morgan fingerprint density at radius 3 is 1.78 bits per heavy atom. The van der Waals surface area contributed by atoms with E-state index in [1.807, 2.05) is 0 Å². The summed E-state index contributed by atoms with van der Waals surface area (Å²) in [6, 6.07) is -4.92. The van der Waals surface area contributed by atoms with Gasteiger partial charge in [0.05, 0.1) is 13.2 Å². The SMILES string of the molecule is CC(C)CC(NC(=O)C(CS)NC(=O)C(N)CO)C(=O)NC(CO)C(=O)O. The molecule has 0 aromatic rings. The Morgan fingerprint density at radius 1 is 0.889 bits per heavy atom. The zero-order valence-corrected chi connectivity index (χ0v) is 16.1. The average Bonchev–Trinajstić information content (AvgIpc) is 2.61. The van der Waals surface area contributed by atoms with E-state index < -0.39 is 61.1 Å². The number of nitrogens with one attached hydrogen (secondary N) is 3. The highest BCUT2D eigenvalue weighted by molar-refractivity contribution is 7.80. The summed E-state index contributed by atoms with van der Waals surface area (Å²) in [5.41, 5.74) is 5.37. The maximum atomic E-state index is 12.4. The highest BCUT2D eigenvalue weighted by Gasteiger charge is 2.29. The number of rotatable bonds is 12. The first-order valence-electron chi connectivity index (χ1n) is 8.29. The number of amides is 3. The summed E-state index contributed by atoms with van der Waals surface area (Å²) in [5, 5.41) is 33.7. The van der Waals surface area contributed by atoms with Crippen LogP contribution in [0.5, 0.6) is 0 Å². The van der Waals surface area contributed by atoms with E-state index in [0.717, 1.165) is 0 Å². The first-order chi connectivity index (χ1) is 12.6. The predicted molar refractivity (Wildman–Crippen MR) is 98.9 cm³/mol. The molecule has 0 aromatic heterocycles. The molecule has 12 heteroatoms. The summed E-state index contributed by atoms with van der Waals surface area (Å²) >= 11 is 3.98. The Morgan fingerprint density at radius 2 is 1.37 bits per heavy atom. The first kappa shape index (κ1) is 25.1. The van der Waals surface area contributed by atoms with Crippen molar-refractivity contribution >= 4 is 36.3 Å². The molecule has 0 bridgehead atoms. The van der Waals surface area contributed by atoms with Crippen molar-refractivity contribution in [2.45, 2.75) is 44.4 Å². The van der Waals surface area contributed by atoms with E-state index >= 15 is 0 Å². The van der Waals surface area contributed by atoms with E-state index in [9.17, 15) is 19.2 Å². The second kappa shape index (κ2) is 12.5. The van der Waals surface area contributed by atoms with Crippen molar-refractivity contribution in [2.75, 3.05) is 19.0 Å². The van der Waals surface area contributed by atoms with Crippen LogP contribution in [0.4, 0.5) is 0 Å². The van der Waals surface area contributed by atoms with Crippen LogP contribution < -0.4 is 21.7 Å². The van der Waals surface area contributed by atoms with Gasteiger partial charge in [0.15, 0.2) is 0 Å². The van der Waals surface area contributed by atoms with Gasteiger partial charge in [-0.3, -0.25) is 14.4 Å². The summed E-state index contributed by atoms with van der Waals surface area (Å²) in [7, 11) is 0. The van der Waals surface area contributed by atoms with Crippen molar-refractivity contribution in [3.05, 3.63) is 0 Å². The number of carbonyl (C=O) groups excluding carboxylic acids is 3. The van der Waals surface area contributed by atoms with E-state index in [2.05, 4.69) is 28.6 Å². The van der Waals surface area contributed by atoms with Crippen LogP contribution in [0, 0.1) is 5.92 Å². The van der Waals surface area contributed by atoms with Crippen LogP contribution in [0.15, 0.2) is 0 Å². The van der Waals surface area contributed by atoms with Gasteiger partial charge < -0.3 is 37.0 Å². The summed E-state index contributed by atoms with van der Waals surface area (Å²) in [4.78, 5) is 47.4. The van der Waals surface area contributed by atoms with Crippen LogP contribution in [-0.4, -0.2) is 82.1 Å². The van der Waals surface area contributed by atoms with Crippen LogP contribution in [0.2, 0.25) is 0 Å². The lowest BCUT2D eigenvalue weighted by Crippen LogP contribution is -2.58. The average molecular weight is 408 g/mol. The molecule has 0 aliphatic rings. The van der Waals surface area contributed by atoms with Crippen molar-refractivity contribution in [3.8, 4) is 0 Å². The summed E-state index contributed by atoms with van der Waals surface area (Å²) in [6.45, 7) is 2.18. The number of hydrogen-bond acceptors (Lipinski definition) is 8. The van der Waals surface area contributed by atoms with Gasteiger partial charge in [-0.1, -0.05) is 13.8 Å². The number of aliphatic hydroxyl groups excluding tert-OH is 2. The molecule has 4 unspecified atom stereocenters. The normalized spacial score (nSPS) is 15.4. The molecule has 3 amide bonds. The van der Waals surface area contributed by atoms with Gasteiger partial charge in [0.25, 0.3) is 0 Å². The lowest BCUT2D eigenvalue weighted by Gasteiger charge is -2.25. The Kier molecular flexibility index (Phi) is 11.6. The van der Waals surface area contributed by atoms with E-state index in [0.29, 0.717) is 0 Å². The fourth-order valence-electron chi connectivity index (χ4n) is 1.99. The number of hydrogen-bond donors (Lipinski definition) is 8. The van der Waals surface area contributed by atoms with Gasteiger partial charge >= 0.3 is 5.97 Å². The van der Waals surface area contributed by atoms with Crippen LogP contribution in [-0.2, 0) is 19.2 Å². The van der Waals surface area contributed by atoms with Crippen molar-refractivity contribution in [1.82, 2.24) is 16.0 Å². The van der Waals surface area contributed by atoms with Crippen molar-refractivity contribution in [2.24, 2.45) is 11.7 Å². The van der Waals surface area contributed by atoms with Gasteiger partial charge in [0.2, 0.25) is 17.7 Å². The maximum absolute atomic E-state index is 12.4. The Labute approximate surface area is 162 Å². The Balaban J connectivity index is 5.14. The molecule has 4 atom stereocenters. The molecule has 0 aromatic carbocycles. The molecule has 0 heterocycles. The third kappa shape index (κ3) is 9.04. The number of thiol groups is 1. The van der Waals surface area contributed by atoms with Crippen LogP contribution in [0.1, 0.15) is 20.3 Å². The minimum absolute atomic E-state index is 0.0229. The minimum atomic E-state index is -1.51. The number of aliphatic carboxylic acids is 1.